The van der Waals surface area contributed by atoms with Crippen LogP contribution in [0.15, 0.2) is 17.8 Å². The van der Waals surface area contributed by atoms with E-state index in [9.17, 15) is 4.79 Å². The molecule has 0 aromatic heterocycles. The lowest BCUT2D eigenvalue weighted by molar-refractivity contribution is -0.122. The molecule has 1 heterocycles. The molecule has 23 heavy (non-hydrogen) atoms. The zero-order valence-corrected chi connectivity index (χ0v) is 15.2. The maximum Gasteiger partial charge on any atom is 0.276 e. The van der Waals surface area contributed by atoms with Crippen molar-refractivity contribution in [2.24, 2.45) is 0 Å². The molecular formula is C18H24N2O2S. The van der Waals surface area contributed by atoms with Gasteiger partial charge in [0, 0.05) is 6.54 Å². The maximum atomic E-state index is 12.4. The van der Waals surface area contributed by atoms with E-state index in [1.54, 1.807) is 12.0 Å². The number of thiocarbonyl (C=S) groups is 1. The van der Waals surface area contributed by atoms with Crippen molar-refractivity contribution < 1.29 is 9.53 Å². The summed E-state index contributed by atoms with van der Waals surface area (Å²) in [5, 5.41) is 3.51. The highest BCUT2D eigenvalue weighted by molar-refractivity contribution is 7.80. The van der Waals surface area contributed by atoms with Crippen LogP contribution >= 0.6 is 12.2 Å². The Balaban J connectivity index is 2.41. The summed E-state index contributed by atoms with van der Waals surface area (Å²) in [6.07, 6.45) is 2.75. The number of ether oxygens (including phenoxy) is 1. The molecular weight excluding hydrogens is 308 g/mol. The first kappa shape index (κ1) is 17.5. The Kier molecular flexibility index (Phi) is 5.42. The summed E-state index contributed by atoms with van der Waals surface area (Å²) in [6.45, 7) is 8.93. The predicted molar refractivity (Wildman–Crippen MR) is 97.5 cm³/mol. The second kappa shape index (κ2) is 7.13. The third-order valence-electron chi connectivity index (χ3n) is 3.95. The molecule has 0 unspecified atom stereocenters. The molecule has 1 aromatic carbocycles. The normalized spacial score (nSPS) is 16.4. The van der Waals surface area contributed by atoms with Gasteiger partial charge >= 0.3 is 0 Å². The summed E-state index contributed by atoms with van der Waals surface area (Å²) in [4.78, 5) is 14.1. The van der Waals surface area contributed by atoms with Gasteiger partial charge in [0.05, 0.1) is 7.11 Å². The number of hydrogen-bond acceptors (Lipinski definition) is 3. The Hall–Kier alpha value is -1.88. The van der Waals surface area contributed by atoms with Crippen LogP contribution in [0.3, 0.4) is 0 Å². The lowest BCUT2D eigenvalue weighted by Gasteiger charge is -2.15. The van der Waals surface area contributed by atoms with E-state index in [1.807, 2.05) is 26.0 Å². The third kappa shape index (κ3) is 3.55. The zero-order chi connectivity index (χ0) is 17.1. The highest BCUT2D eigenvalue weighted by Crippen LogP contribution is 2.30. The van der Waals surface area contributed by atoms with Crippen molar-refractivity contribution in [3.8, 4) is 5.75 Å². The summed E-state index contributed by atoms with van der Waals surface area (Å²) in [6, 6.07) is 4.11. The van der Waals surface area contributed by atoms with Gasteiger partial charge in [-0.15, -0.1) is 0 Å². The Morgan fingerprint density at radius 3 is 2.65 bits per heavy atom. The average molecular weight is 332 g/mol. The molecule has 1 fully saturated rings. The number of amides is 1. The molecule has 124 valence electrons. The summed E-state index contributed by atoms with van der Waals surface area (Å²) >= 11 is 5.25. The number of aryl methyl sites for hydroxylation is 1. The van der Waals surface area contributed by atoms with E-state index < -0.39 is 0 Å². The molecule has 1 aromatic rings. The van der Waals surface area contributed by atoms with Crippen LogP contribution in [0.4, 0.5) is 0 Å². The summed E-state index contributed by atoms with van der Waals surface area (Å²) in [5.41, 5.74) is 3.73. The highest BCUT2D eigenvalue weighted by Gasteiger charge is 2.29. The van der Waals surface area contributed by atoms with Crippen molar-refractivity contribution in [2.45, 2.75) is 40.0 Å². The van der Waals surface area contributed by atoms with Crippen molar-refractivity contribution in [1.29, 1.82) is 0 Å². The van der Waals surface area contributed by atoms with Crippen molar-refractivity contribution in [1.82, 2.24) is 10.2 Å². The fraction of sp³-hybridized carbons (Fsp3) is 0.444. The molecule has 0 bridgehead atoms. The number of nitrogens with zero attached hydrogens (tertiary/aromatic N) is 1. The van der Waals surface area contributed by atoms with E-state index in [0.717, 1.165) is 28.9 Å². The van der Waals surface area contributed by atoms with E-state index in [2.05, 4.69) is 25.2 Å². The maximum absolute atomic E-state index is 12.4. The van der Waals surface area contributed by atoms with Gasteiger partial charge in [-0.3, -0.25) is 9.69 Å². The van der Waals surface area contributed by atoms with E-state index in [-0.39, 0.29) is 5.91 Å². The lowest BCUT2D eigenvalue weighted by atomic mass is 9.96. The molecule has 1 aliphatic heterocycles. The first-order valence-corrected chi connectivity index (χ1v) is 8.32. The van der Waals surface area contributed by atoms with Gasteiger partial charge in [-0.2, -0.15) is 0 Å². The second-order valence-electron chi connectivity index (χ2n) is 6.05. The minimum atomic E-state index is -0.0573. The van der Waals surface area contributed by atoms with Crippen molar-refractivity contribution >= 4 is 29.3 Å². The molecule has 0 aliphatic carbocycles. The molecule has 0 saturated carbocycles. The van der Waals surface area contributed by atoms with Crippen LogP contribution in [0.25, 0.3) is 6.08 Å². The number of benzene rings is 1. The van der Waals surface area contributed by atoms with E-state index in [4.69, 9.17) is 17.0 Å². The van der Waals surface area contributed by atoms with Crippen LogP contribution in [-0.2, 0) is 4.79 Å². The van der Waals surface area contributed by atoms with E-state index >= 15 is 0 Å². The number of hydrogen-bond donors (Lipinski definition) is 1. The summed E-state index contributed by atoms with van der Waals surface area (Å²) < 4.78 is 5.47. The standard InChI is InChI=1S/C18H24N2O2S/c1-6-7-20-17(21)15(19-18(20)23)10-13-9-14(11(2)3)16(22-5)8-12(13)4/h8-11H,6-7H2,1-5H3,(H,19,23). The van der Waals surface area contributed by atoms with Crippen LogP contribution in [0.5, 0.6) is 5.75 Å². The van der Waals surface area contributed by atoms with Crippen molar-refractivity contribution in [3.05, 3.63) is 34.5 Å². The lowest BCUT2D eigenvalue weighted by Crippen LogP contribution is -2.31. The minimum Gasteiger partial charge on any atom is -0.496 e. The van der Waals surface area contributed by atoms with Crippen LogP contribution in [-0.4, -0.2) is 29.6 Å². The fourth-order valence-electron chi connectivity index (χ4n) is 2.65. The largest absolute Gasteiger partial charge is 0.496 e. The molecule has 1 amide bonds. The van der Waals surface area contributed by atoms with E-state index in [0.29, 0.717) is 23.3 Å². The molecule has 4 nitrogen and oxygen atoms in total. The van der Waals surface area contributed by atoms with Gasteiger partial charge in [0.15, 0.2) is 5.11 Å². The molecule has 1 N–H and O–H groups in total. The van der Waals surface area contributed by atoms with Crippen LogP contribution in [0.2, 0.25) is 0 Å². The molecule has 0 radical (unpaired) electrons. The second-order valence-corrected chi connectivity index (χ2v) is 6.44. The van der Waals surface area contributed by atoms with Crippen molar-refractivity contribution in [3.63, 3.8) is 0 Å². The Bertz CT molecular complexity index is 665. The molecule has 2 rings (SSSR count). The molecule has 5 heteroatoms. The van der Waals surface area contributed by atoms with Crippen LogP contribution in [0.1, 0.15) is 49.8 Å². The zero-order valence-electron chi connectivity index (χ0n) is 14.4. The van der Waals surface area contributed by atoms with Gasteiger partial charge in [0.1, 0.15) is 11.4 Å². The Labute approximate surface area is 143 Å². The Morgan fingerprint density at radius 2 is 2.09 bits per heavy atom. The number of methoxy groups -OCH3 is 1. The van der Waals surface area contributed by atoms with Gasteiger partial charge in [-0.25, -0.2) is 0 Å². The highest BCUT2D eigenvalue weighted by atomic mass is 32.1. The quantitative estimate of drug-likeness (QED) is 0.661. The Morgan fingerprint density at radius 1 is 1.39 bits per heavy atom. The average Bonchev–Trinajstić information content (AvgIpc) is 2.76. The third-order valence-corrected chi connectivity index (χ3v) is 4.27. The van der Waals surface area contributed by atoms with E-state index in [1.165, 1.54) is 0 Å². The monoisotopic (exact) mass is 332 g/mol. The van der Waals surface area contributed by atoms with Crippen LogP contribution in [0, 0.1) is 6.92 Å². The number of carbonyl (C=O) groups excluding carboxylic acids is 1. The van der Waals surface area contributed by atoms with Gasteiger partial charge in [-0.05, 0) is 66.4 Å². The summed E-state index contributed by atoms with van der Waals surface area (Å²) in [7, 11) is 1.68. The van der Waals surface area contributed by atoms with Gasteiger partial charge < -0.3 is 10.1 Å². The molecule has 0 atom stereocenters. The molecule has 0 spiro atoms. The van der Waals surface area contributed by atoms with Crippen LogP contribution < -0.4 is 10.1 Å². The first-order valence-electron chi connectivity index (χ1n) is 7.92. The molecule has 1 saturated heterocycles. The number of carbonyl (C=O) groups is 1. The number of rotatable bonds is 5. The predicted octanol–water partition coefficient (Wildman–Crippen LogP) is 3.59. The summed E-state index contributed by atoms with van der Waals surface area (Å²) in [5.74, 6) is 1.17. The van der Waals surface area contributed by atoms with Gasteiger partial charge in [0.25, 0.3) is 5.91 Å². The van der Waals surface area contributed by atoms with Gasteiger partial charge in [-0.1, -0.05) is 20.8 Å². The first-order chi connectivity index (χ1) is 10.9. The SMILES string of the molecule is CCCN1C(=O)C(=Cc2cc(C(C)C)c(OC)cc2C)NC1=S. The fourth-order valence-corrected chi connectivity index (χ4v) is 2.94. The molecule has 1 aliphatic rings. The van der Waals surface area contributed by atoms with Gasteiger partial charge in [0.2, 0.25) is 0 Å². The topological polar surface area (TPSA) is 41.6 Å². The smallest absolute Gasteiger partial charge is 0.276 e. The number of nitrogens with one attached hydrogen (secondary N) is 1. The minimum absolute atomic E-state index is 0.0573. The van der Waals surface area contributed by atoms with Crippen molar-refractivity contribution in [2.75, 3.05) is 13.7 Å².